The lowest BCUT2D eigenvalue weighted by Gasteiger charge is -2.15. The van der Waals surface area contributed by atoms with Crippen LogP contribution >= 0.6 is 0 Å². The Balaban J connectivity index is 2.12. The smallest absolute Gasteiger partial charge is 0.143 e. The molecule has 1 aromatic heterocycles. The first kappa shape index (κ1) is 11.4. The van der Waals surface area contributed by atoms with Crippen molar-refractivity contribution in [3.05, 3.63) is 23.5 Å². The number of rotatable bonds is 4. The van der Waals surface area contributed by atoms with Gasteiger partial charge in [0.1, 0.15) is 11.4 Å². The van der Waals surface area contributed by atoms with Gasteiger partial charge in [-0.1, -0.05) is 0 Å². The van der Waals surface area contributed by atoms with E-state index in [-0.39, 0.29) is 19.3 Å². The molecule has 1 fully saturated rings. The predicted molar refractivity (Wildman–Crippen MR) is 59.0 cm³/mol. The van der Waals surface area contributed by atoms with Crippen molar-refractivity contribution in [1.82, 2.24) is 4.98 Å². The molecular formula is C12H17NO3. The molecule has 0 atom stereocenters. The Hall–Kier alpha value is -1.13. The number of aliphatic hydroxyl groups excluding tert-OH is 2. The Morgan fingerprint density at radius 3 is 2.56 bits per heavy atom. The van der Waals surface area contributed by atoms with Gasteiger partial charge in [-0.15, -0.1) is 0 Å². The van der Waals surface area contributed by atoms with Crippen LogP contribution in [0.25, 0.3) is 0 Å². The van der Waals surface area contributed by atoms with E-state index >= 15 is 0 Å². The second kappa shape index (κ2) is 5.27. The summed E-state index contributed by atoms with van der Waals surface area (Å²) in [6.07, 6.45) is 4.83. The molecule has 0 radical (unpaired) electrons. The zero-order valence-electron chi connectivity index (χ0n) is 9.22. The third-order valence-corrected chi connectivity index (χ3v) is 2.90. The molecule has 0 bridgehead atoms. The number of aliphatic hydroxyl groups is 2. The van der Waals surface area contributed by atoms with Gasteiger partial charge in [-0.25, -0.2) is 4.98 Å². The van der Waals surface area contributed by atoms with E-state index in [0.717, 1.165) is 12.8 Å². The summed E-state index contributed by atoms with van der Waals surface area (Å²) in [6, 6.07) is 3.51. The van der Waals surface area contributed by atoms with Crippen molar-refractivity contribution < 1.29 is 14.9 Å². The first-order valence-corrected chi connectivity index (χ1v) is 5.70. The molecular weight excluding hydrogens is 206 g/mol. The van der Waals surface area contributed by atoms with E-state index in [1.165, 1.54) is 12.8 Å². The van der Waals surface area contributed by atoms with Crippen LogP contribution in [0.1, 0.15) is 37.1 Å². The van der Waals surface area contributed by atoms with Crippen molar-refractivity contribution in [2.75, 3.05) is 0 Å². The highest BCUT2D eigenvalue weighted by Crippen LogP contribution is 2.26. The van der Waals surface area contributed by atoms with Gasteiger partial charge in [0, 0.05) is 0 Å². The first-order chi connectivity index (χ1) is 7.83. The van der Waals surface area contributed by atoms with Gasteiger partial charge in [-0.3, -0.25) is 0 Å². The van der Waals surface area contributed by atoms with Crippen LogP contribution in [0.15, 0.2) is 12.1 Å². The van der Waals surface area contributed by atoms with Crippen LogP contribution in [0.3, 0.4) is 0 Å². The molecule has 0 unspecified atom stereocenters. The van der Waals surface area contributed by atoms with Crippen LogP contribution in [-0.4, -0.2) is 21.3 Å². The molecule has 16 heavy (non-hydrogen) atoms. The monoisotopic (exact) mass is 223 g/mol. The average molecular weight is 223 g/mol. The topological polar surface area (TPSA) is 62.6 Å². The minimum atomic E-state index is -0.157. The Labute approximate surface area is 94.9 Å². The van der Waals surface area contributed by atoms with Gasteiger partial charge in [0.25, 0.3) is 0 Å². The van der Waals surface area contributed by atoms with Crippen molar-refractivity contribution in [1.29, 1.82) is 0 Å². The van der Waals surface area contributed by atoms with Crippen molar-refractivity contribution >= 4 is 0 Å². The van der Waals surface area contributed by atoms with E-state index in [2.05, 4.69) is 4.98 Å². The number of hydrogen-bond donors (Lipinski definition) is 2. The van der Waals surface area contributed by atoms with Crippen LogP contribution in [0.2, 0.25) is 0 Å². The zero-order valence-corrected chi connectivity index (χ0v) is 9.22. The van der Waals surface area contributed by atoms with Crippen molar-refractivity contribution in [2.24, 2.45) is 0 Å². The number of ether oxygens (including phenoxy) is 1. The van der Waals surface area contributed by atoms with Gasteiger partial charge >= 0.3 is 0 Å². The molecule has 4 heteroatoms. The number of hydrogen-bond acceptors (Lipinski definition) is 4. The summed E-state index contributed by atoms with van der Waals surface area (Å²) >= 11 is 0. The Morgan fingerprint density at radius 1 is 1.19 bits per heavy atom. The van der Waals surface area contributed by atoms with E-state index in [0.29, 0.717) is 17.1 Å². The lowest BCUT2D eigenvalue weighted by molar-refractivity contribution is 0.196. The van der Waals surface area contributed by atoms with Gasteiger partial charge < -0.3 is 14.9 Å². The highest BCUT2D eigenvalue weighted by molar-refractivity contribution is 5.29. The van der Waals surface area contributed by atoms with Gasteiger partial charge in [-0.05, 0) is 37.8 Å². The van der Waals surface area contributed by atoms with E-state index in [9.17, 15) is 5.11 Å². The number of aromatic nitrogens is 1. The fourth-order valence-electron chi connectivity index (χ4n) is 2.03. The standard InChI is InChI=1S/C12H17NO3/c14-7-9-5-6-12(11(8-15)13-9)16-10-3-1-2-4-10/h5-6,10,14-15H,1-4,7-8H2. The summed E-state index contributed by atoms with van der Waals surface area (Å²) in [6.45, 7) is -0.271. The number of nitrogens with zero attached hydrogens (tertiary/aromatic N) is 1. The summed E-state index contributed by atoms with van der Waals surface area (Å²) in [5.41, 5.74) is 1.07. The Bertz CT molecular complexity index is 348. The zero-order chi connectivity index (χ0) is 11.4. The quantitative estimate of drug-likeness (QED) is 0.809. The van der Waals surface area contributed by atoms with Gasteiger partial charge in [0.2, 0.25) is 0 Å². The molecule has 1 aromatic rings. The second-order valence-electron chi connectivity index (χ2n) is 4.09. The lowest BCUT2D eigenvalue weighted by atomic mass is 10.2. The Kier molecular flexibility index (Phi) is 3.74. The summed E-state index contributed by atoms with van der Waals surface area (Å²) < 4.78 is 5.79. The van der Waals surface area contributed by atoms with Crippen LogP contribution in [0, 0.1) is 0 Å². The fraction of sp³-hybridized carbons (Fsp3) is 0.583. The van der Waals surface area contributed by atoms with Crippen LogP contribution in [-0.2, 0) is 13.2 Å². The molecule has 0 aliphatic heterocycles. The molecule has 1 aliphatic carbocycles. The highest BCUT2D eigenvalue weighted by atomic mass is 16.5. The SMILES string of the molecule is OCc1ccc(OC2CCCC2)c(CO)n1. The Morgan fingerprint density at radius 2 is 1.94 bits per heavy atom. The molecule has 1 aliphatic rings. The van der Waals surface area contributed by atoms with E-state index in [1.807, 2.05) is 0 Å². The van der Waals surface area contributed by atoms with E-state index < -0.39 is 0 Å². The molecule has 2 N–H and O–H groups in total. The normalized spacial score (nSPS) is 16.6. The largest absolute Gasteiger partial charge is 0.488 e. The third kappa shape index (κ3) is 2.51. The molecule has 0 spiro atoms. The minimum Gasteiger partial charge on any atom is -0.488 e. The maximum Gasteiger partial charge on any atom is 0.143 e. The second-order valence-corrected chi connectivity index (χ2v) is 4.09. The van der Waals surface area contributed by atoms with Gasteiger partial charge in [0.05, 0.1) is 25.0 Å². The molecule has 4 nitrogen and oxygen atoms in total. The molecule has 0 aromatic carbocycles. The highest BCUT2D eigenvalue weighted by Gasteiger charge is 2.18. The molecule has 2 rings (SSSR count). The molecule has 1 saturated carbocycles. The maximum absolute atomic E-state index is 9.19. The third-order valence-electron chi connectivity index (χ3n) is 2.90. The van der Waals surface area contributed by atoms with Crippen LogP contribution in [0.5, 0.6) is 5.75 Å². The summed E-state index contributed by atoms with van der Waals surface area (Å²) in [5.74, 6) is 0.645. The lowest BCUT2D eigenvalue weighted by Crippen LogP contribution is -2.13. The first-order valence-electron chi connectivity index (χ1n) is 5.70. The van der Waals surface area contributed by atoms with E-state index in [1.54, 1.807) is 12.1 Å². The van der Waals surface area contributed by atoms with Crippen molar-refractivity contribution in [3.8, 4) is 5.75 Å². The van der Waals surface area contributed by atoms with Gasteiger partial charge in [-0.2, -0.15) is 0 Å². The van der Waals surface area contributed by atoms with Crippen LogP contribution < -0.4 is 4.74 Å². The van der Waals surface area contributed by atoms with Gasteiger partial charge in [0.15, 0.2) is 0 Å². The van der Waals surface area contributed by atoms with Crippen molar-refractivity contribution in [2.45, 2.75) is 45.0 Å². The number of pyridine rings is 1. The molecule has 88 valence electrons. The molecule has 0 amide bonds. The predicted octanol–water partition coefficient (Wildman–Crippen LogP) is 1.39. The molecule has 0 saturated heterocycles. The fourth-order valence-corrected chi connectivity index (χ4v) is 2.03. The van der Waals surface area contributed by atoms with E-state index in [4.69, 9.17) is 9.84 Å². The summed E-state index contributed by atoms with van der Waals surface area (Å²) in [5, 5.41) is 18.1. The average Bonchev–Trinajstić information content (AvgIpc) is 2.82. The van der Waals surface area contributed by atoms with Crippen molar-refractivity contribution in [3.63, 3.8) is 0 Å². The maximum atomic E-state index is 9.19. The van der Waals surface area contributed by atoms with Crippen LogP contribution in [0.4, 0.5) is 0 Å². The minimum absolute atomic E-state index is 0.114. The summed E-state index contributed by atoms with van der Waals surface area (Å²) in [4.78, 5) is 4.13. The molecule has 1 heterocycles. The summed E-state index contributed by atoms with van der Waals surface area (Å²) in [7, 11) is 0.